The van der Waals surface area contributed by atoms with Gasteiger partial charge in [-0.15, -0.1) is 0 Å². The third kappa shape index (κ3) is 2.93. The van der Waals surface area contributed by atoms with Crippen molar-refractivity contribution < 1.29 is 0 Å². The highest BCUT2D eigenvalue weighted by Gasteiger charge is 2.50. The Bertz CT molecular complexity index is 811. The molecule has 0 saturated carbocycles. The highest BCUT2D eigenvalue weighted by Crippen LogP contribution is 2.59. The summed E-state index contributed by atoms with van der Waals surface area (Å²) in [5, 5.41) is 3.18. The monoisotopic (exact) mass is 360 g/mol. The van der Waals surface area contributed by atoms with Gasteiger partial charge in [0, 0.05) is 5.04 Å². The number of hydrogen-bond donors (Lipinski definition) is 0. The number of allylic oxidation sites excluding steroid dienone is 4. The summed E-state index contributed by atoms with van der Waals surface area (Å²) in [4.78, 5) is 0. The SMILES string of the molecule is CC1=C(C)C(C)([SiH](c2ccccc2)c2ccccc2)C(C(C)(C)C)=C1C. The average molecular weight is 361 g/mol. The van der Waals surface area contributed by atoms with Crippen LogP contribution in [0.1, 0.15) is 48.5 Å². The van der Waals surface area contributed by atoms with Gasteiger partial charge >= 0.3 is 0 Å². The zero-order valence-electron chi connectivity index (χ0n) is 17.4. The maximum absolute atomic E-state index is 2.53. The molecule has 1 heteroatoms. The average Bonchev–Trinajstić information content (AvgIpc) is 2.77. The summed E-state index contributed by atoms with van der Waals surface area (Å²) in [5.41, 5.74) is 6.39. The quantitative estimate of drug-likeness (QED) is 0.634. The lowest BCUT2D eigenvalue weighted by atomic mass is 9.77. The van der Waals surface area contributed by atoms with E-state index in [1.54, 1.807) is 11.1 Å². The molecule has 0 saturated heterocycles. The molecule has 136 valence electrons. The predicted octanol–water partition coefficient (Wildman–Crippen LogP) is 5.50. The summed E-state index contributed by atoms with van der Waals surface area (Å²) >= 11 is 0. The lowest BCUT2D eigenvalue weighted by Gasteiger charge is -2.43. The van der Waals surface area contributed by atoms with Crippen molar-refractivity contribution in [2.24, 2.45) is 5.41 Å². The highest BCUT2D eigenvalue weighted by atomic mass is 28.3. The second-order valence-electron chi connectivity index (χ2n) is 8.96. The predicted molar refractivity (Wildman–Crippen MR) is 118 cm³/mol. The molecule has 26 heavy (non-hydrogen) atoms. The molecule has 0 bridgehead atoms. The van der Waals surface area contributed by atoms with Crippen LogP contribution in [0.2, 0.25) is 5.04 Å². The minimum Gasteiger partial charge on any atom is -0.0629 e. The first-order valence-electron chi connectivity index (χ1n) is 9.69. The zero-order valence-corrected chi connectivity index (χ0v) is 18.5. The molecule has 2 aromatic rings. The van der Waals surface area contributed by atoms with Gasteiger partial charge in [-0.05, 0) is 37.3 Å². The first-order valence-corrected chi connectivity index (χ1v) is 11.4. The van der Waals surface area contributed by atoms with Crippen LogP contribution in [0.4, 0.5) is 0 Å². The van der Waals surface area contributed by atoms with Gasteiger partial charge in [-0.25, -0.2) is 0 Å². The molecule has 0 N–H and O–H groups in total. The van der Waals surface area contributed by atoms with Crippen LogP contribution in [0.5, 0.6) is 0 Å². The second-order valence-corrected chi connectivity index (χ2v) is 12.3. The van der Waals surface area contributed by atoms with Gasteiger partial charge in [-0.1, -0.05) is 110 Å². The van der Waals surface area contributed by atoms with Crippen LogP contribution in [0.25, 0.3) is 0 Å². The van der Waals surface area contributed by atoms with Crippen LogP contribution >= 0.6 is 0 Å². The summed E-state index contributed by atoms with van der Waals surface area (Å²) in [6.45, 7) is 16.7. The molecule has 1 atom stereocenters. The lowest BCUT2D eigenvalue weighted by Crippen LogP contribution is -2.53. The Balaban J connectivity index is 2.33. The van der Waals surface area contributed by atoms with E-state index in [1.165, 1.54) is 21.5 Å². The van der Waals surface area contributed by atoms with Crippen molar-refractivity contribution in [3.63, 3.8) is 0 Å². The van der Waals surface area contributed by atoms with E-state index in [4.69, 9.17) is 0 Å². The smallest absolute Gasteiger partial charge is 0.0629 e. The summed E-state index contributed by atoms with van der Waals surface area (Å²) in [6.07, 6.45) is 0. The Labute approximate surface area is 161 Å². The Hall–Kier alpha value is -1.86. The second kappa shape index (κ2) is 6.70. The molecule has 0 aliphatic heterocycles. The molecule has 0 spiro atoms. The van der Waals surface area contributed by atoms with Gasteiger partial charge < -0.3 is 0 Å². The van der Waals surface area contributed by atoms with E-state index >= 15 is 0 Å². The van der Waals surface area contributed by atoms with E-state index in [9.17, 15) is 0 Å². The molecule has 0 nitrogen and oxygen atoms in total. The molecule has 1 aliphatic rings. The fourth-order valence-corrected chi connectivity index (χ4v) is 9.81. The number of hydrogen-bond acceptors (Lipinski definition) is 0. The molecule has 0 amide bonds. The number of rotatable bonds is 3. The van der Waals surface area contributed by atoms with E-state index < -0.39 is 8.80 Å². The van der Waals surface area contributed by atoms with E-state index in [0.29, 0.717) is 0 Å². The van der Waals surface area contributed by atoms with Crippen LogP contribution in [-0.2, 0) is 0 Å². The van der Waals surface area contributed by atoms with Crippen LogP contribution in [0.3, 0.4) is 0 Å². The molecule has 2 aromatic carbocycles. The Morgan fingerprint density at radius 3 is 1.50 bits per heavy atom. The fourth-order valence-electron chi connectivity index (χ4n) is 5.29. The number of benzene rings is 2. The largest absolute Gasteiger partial charge is 0.116 e. The van der Waals surface area contributed by atoms with Crippen molar-refractivity contribution in [1.29, 1.82) is 0 Å². The molecule has 0 fully saturated rings. The third-order valence-corrected chi connectivity index (χ3v) is 10.4. The Morgan fingerprint density at radius 2 is 1.12 bits per heavy atom. The lowest BCUT2D eigenvalue weighted by molar-refractivity contribution is 0.461. The highest BCUT2D eigenvalue weighted by molar-refractivity contribution is 6.88. The Kier molecular flexibility index (Phi) is 4.87. The Morgan fingerprint density at radius 1 is 0.692 bits per heavy atom. The molecular weight excluding hydrogens is 328 g/mol. The van der Waals surface area contributed by atoms with Gasteiger partial charge in [0.25, 0.3) is 0 Å². The fraction of sp³-hybridized carbons (Fsp3) is 0.360. The maximum atomic E-state index is 2.53. The molecular formula is C25H32Si. The van der Waals surface area contributed by atoms with E-state index in [1.807, 2.05) is 0 Å². The van der Waals surface area contributed by atoms with Crippen molar-refractivity contribution in [1.82, 2.24) is 0 Å². The zero-order chi connectivity index (χ0) is 19.1. The van der Waals surface area contributed by atoms with Gasteiger partial charge in [-0.2, -0.15) is 0 Å². The van der Waals surface area contributed by atoms with Crippen molar-refractivity contribution in [3.05, 3.63) is 83.0 Å². The summed E-state index contributed by atoms with van der Waals surface area (Å²) in [7, 11) is -1.53. The van der Waals surface area contributed by atoms with Gasteiger partial charge in [0.1, 0.15) is 8.80 Å². The topological polar surface area (TPSA) is 0 Å². The summed E-state index contributed by atoms with van der Waals surface area (Å²) in [5.74, 6) is 0. The van der Waals surface area contributed by atoms with Crippen LogP contribution in [0.15, 0.2) is 83.0 Å². The van der Waals surface area contributed by atoms with E-state index in [-0.39, 0.29) is 10.5 Å². The van der Waals surface area contributed by atoms with E-state index in [0.717, 1.165) is 0 Å². The standard InChI is InChI=1S/C25H32Si/c1-18-19(2)23(24(4,5)6)25(7,20(18)3)26(21-14-10-8-11-15-21)22-16-12-9-13-17-22/h8-17,26H,1-7H3. The van der Waals surface area contributed by atoms with Crippen LogP contribution in [0, 0.1) is 5.41 Å². The molecule has 1 unspecified atom stereocenters. The molecule has 0 heterocycles. The van der Waals surface area contributed by atoms with Crippen LogP contribution in [-0.4, -0.2) is 8.80 Å². The van der Waals surface area contributed by atoms with Gasteiger partial charge in [0.2, 0.25) is 0 Å². The summed E-state index contributed by atoms with van der Waals surface area (Å²) in [6, 6.07) is 22.5. The van der Waals surface area contributed by atoms with Gasteiger partial charge in [0.05, 0.1) is 0 Å². The first kappa shape index (κ1) is 18.9. The summed E-state index contributed by atoms with van der Waals surface area (Å²) < 4.78 is 0. The minimum absolute atomic E-state index is 0.120. The van der Waals surface area contributed by atoms with Gasteiger partial charge in [0.15, 0.2) is 0 Å². The van der Waals surface area contributed by atoms with E-state index in [2.05, 4.69) is 109 Å². The molecule has 0 aromatic heterocycles. The third-order valence-electron chi connectivity index (χ3n) is 6.39. The molecule has 0 radical (unpaired) electrons. The van der Waals surface area contributed by atoms with Crippen molar-refractivity contribution in [3.8, 4) is 0 Å². The van der Waals surface area contributed by atoms with Gasteiger partial charge in [-0.3, -0.25) is 0 Å². The van der Waals surface area contributed by atoms with Crippen molar-refractivity contribution in [2.45, 2.75) is 53.5 Å². The van der Waals surface area contributed by atoms with Crippen molar-refractivity contribution >= 4 is 19.2 Å². The maximum Gasteiger partial charge on any atom is 0.116 e. The molecule has 3 rings (SSSR count). The van der Waals surface area contributed by atoms with Crippen molar-refractivity contribution in [2.75, 3.05) is 0 Å². The first-order chi connectivity index (χ1) is 12.2. The molecule has 1 aliphatic carbocycles. The minimum atomic E-state index is -1.53. The normalized spacial score (nSPS) is 21.1. The van der Waals surface area contributed by atoms with Crippen LogP contribution < -0.4 is 10.4 Å².